The van der Waals surface area contributed by atoms with Crippen molar-refractivity contribution in [1.29, 1.82) is 0 Å². The van der Waals surface area contributed by atoms with Crippen LogP contribution in [0, 0.1) is 0 Å². The van der Waals surface area contributed by atoms with Gasteiger partial charge in [0.05, 0.1) is 5.75 Å². The van der Waals surface area contributed by atoms with Crippen LogP contribution in [0.5, 0.6) is 0 Å². The maximum atomic E-state index is 11.3. The van der Waals surface area contributed by atoms with E-state index in [1.54, 1.807) is 0 Å². The van der Waals surface area contributed by atoms with Gasteiger partial charge in [-0.25, -0.2) is 8.42 Å². The molecule has 0 aliphatic heterocycles. The molecule has 0 saturated heterocycles. The molecule has 0 amide bonds. The lowest BCUT2D eigenvalue weighted by Crippen LogP contribution is -2.43. The average molecular weight is 366 g/mol. The molecule has 0 saturated carbocycles. The molecule has 0 bridgehead atoms. The lowest BCUT2D eigenvalue weighted by molar-refractivity contribution is 0.555. The van der Waals surface area contributed by atoms with Crippen LogP contribution in [0.2, 0.25) is 0 Å². The number of benzene rings is 1. The summed E-state index contributed by atoms with van der Waals surface area (Å²) in [7, 11) is -2.93. The van der Waals surface area contributed by atoms with Gasteiger partial charge < -0.3 is 10.6 Å². The van der Waals surface area contributed by atoms with E-state index in [9.17, 15) is 8.42 Å². The molecule has 1 aromatic carbocycles. The monoisotopic (exact) mass is 365 g/mol. The van der Waals surface area contributed by atoms with E-state index in [0.29, 0.717) is 12.3 Å². The van der Waals surface area contributed by atoms with E-state index >= 15 is 0 Å². The Balaban J connectivity index is 1.98. The highest BCUT2D eigenvalue weighted by Gasteiger charge is 2.19. The summed E-state index contributed by atoms with van der Waals surface area (Å²) in [5.41, 5.74) is 2.88. The van der Waals surface area contributed by atoms with Gasteiger partial charge in [0.2, 0.25) is 0 Å². The first-order valence-corrected chi connectivity index (χ1v) is 11.3. The Labute approximate surface area is 152 Å². The molecule has 6 heteroatoms. The van der Waals surface area contributed by atoms with Crippen molar-refractivity contribution in [2.75, 3.05) is 25.1 Å². The fraction of sp³-hybridized carbons (Fsp3) is 0.632. The minimum atomic E-state index is -2.93. The number of hydrogen-bond donors (Lipinski definition) is 2. The van der Waals surface area contributed by atoms with Crippen molar-refractivity contribution in [3.8, 4) is 0 Å². The second kappa shape index (κ2) is 9.22. The molecule has 2 atom stereocenters. The minimum absolute atomic E-state index is 0.0613. The third-order valence-corrected chi connectivity index (χ3v) is 5.59. The van der Waals surface area contributed by atoms with E-state index in [1.807, 2.05) is 13.8 Å². The predicted octanol–water partition coefficient (Wildman–Crippen LogP) is 2.48. The van der Waals surface area contributed by atoms with Crippen LogP contribution < -0.4 is 10.6 Å². The number of nitrogens with zero attached hydrogens (tertiary/aromatic N) is 1. The maximum absolute atomic E-state index is 11.3. The van der Waals surface area contributed by atoms with Crippen molar-refractivity contribution in [3.05, 3.63) is 35.4 Å². The molecule has 140 valence electrons. The van der Waals surface area contributed by atoms with Gasteiger partial charge in [-0.2, -0.15) is 0 Å². The zero-order valence-electron chi connectivity index (χ0n) is 15.6. The van der Waals surface area contributed by atoms with Crippen molar-refractivity contribution >= 4 is 15.8 Å². The van der Waals surface area contributed by atoms with E-state index in [0.717, 1.165) is 25.5 Å². The summed E-state index contributed by atoms with van der Waals surface area (Å²) in [6.07, 6.45) is 5.40. The van der Waals surface area contributed by atoms with Crippen LogP contribution in [0.15, 0.2) is 29.3 Å². The second-order valence-corrected chi connectivity index (χ2v) is 9.23. The van der Waals surface area contributed by atoms with E-state index in [1.165, 1.54) is 30.2 Å². The number of rotatable bonds is 7. The molecule has 2 N–H and O–H groups in total. The molecule has 0 aromatic heterocycles. The maximum Gasteiger partial charge on any atom is 0.191 e. The lowest BCUT2D eigenvalue weighted by Gasteiger charge is -2.25. The van der Waals surface area contributed by atoms with Crippen LogP contribution in [0.1, 0.15) is 50.2 Å². The molecule has 1 aliphatic carbocycles. The topological polar surface area (TPSA) is 70.6 Å². The van der Waals surface area contributed by atoms with Crippen LogP contribution in [0.4, 0.5) is 0 Å². The molecule has 0 fully saturated rings. The Hall–Kier alpha value is -1.56. The summed E-state index contributed by atoms with van der Waals surface area (Å²) in [6.45, 7) is 5.57. The Morgan fingerprint density at radius 1 is 1.36 bits per heavy atom. The number of guanidine groups is 1. The first-order chi connectivity index (χ1) is 11.9. The van der Waals surface area contributed by atoms with Gasteiger partial charge in [0, 0.05) is 31.3 Å². The van der Waals surface area contributed by atoms with Crippen molar-refractivity contribution in [1.82, 2.24) is 10.6 Å². The SMILES string of the molecule is CCNC(=NCC1CCCc2ccccc21)NC(C)CCS(C)(=O)=O. The molecule has 2 rings (SSSR count). The summed E-state index contributed by atoms with van der Waals surface area (Å²) in [6, 6.07) is 8.73. The number of fused-ring (bicyclic) bond motifs is 1. The van der Waals surface area contributed by atoms with Gasteiger partial charge in [-0.05, 0) is 50.7 Å². The normalized spacial score (nSPS) is 19.2. The highest BCUT2D eigenvalue weighted by molar-refractivity contribution is 7.90. The fourth-order valence-corrected chi connectivity index (χ4v) is 4.04. The Morgan fingerprint density at radius 3 is 2.84 bits per heavy atom. The Bertz CT molecular complexity index is 686. The summed E-state index contributed by atoms with van der Waals surface area (Å²) in [5.74, 6) is 1.43. The molecule has 0 radical (unpaired) electrons. The van der Waals surface area contributed by atoms with Crippen molar-refractivity contribution in [3.63, 3.8) is 0 Å². The minimum Gasteiger partial charge on any atom is -0.357 e. The largest absolute Gasteiger partial charge is 0.357 e. The molecule has 1 aromatic rings. The quantitative estimate of drug-likeness (QED) is 0.575. The number of nitrogens with one attached hydrogen (secondary N) is 2. The van der Waals surface area contributed by atoms with Gasteiger partial charge in [0.1, 0.15) is 9.84 Å². The van der Waals surface area contributed by atoms with Crippen LogP contribution in [0.3, 0.4) is 0 Å². The molecule has 0 heterocycles. The van der Waals surface area contributed by atoms with Gasteiger partial charge in [-0.1, -0.05) is 24.3 Å². The highest BCUT2D eigenvalue weighted by atomic mass is 32.2. The third-order valence-electron chi connectivity index (χ3n) is 4.61. The van der Waals surface area contributed by atoms with Crippen molar-refractivity contribution < 1.29 is 8.42 Å². The number of aryl methyl sites for hydroxylation is 1. The smallest absolute Gasteiger partial charge is 0.191 e. The summed E-state index contributed by atoms with van der Waals surface area (Å²) >= 11 is 0. The molecule has 25 heavy (non-hydrogen) atoms. The van der Waals surface area contributed by atoms with Crippen molar-refractivity contribution in [2.24, 2.45) is 4.99 Å². The standard InChI is InChI=1S/C19H31N3O2S/c1-4-20-19(22-15(2)12-13-25(3,23)24)21-14-17-10-7-9-16-8-5-6-11-18(16)17/h5-6,8,11,15,17H,4,7,9-10,12-14H2,1-3H3,(H2,20,21,22). The molecular weight excluding hydrogens is 334 g/mol. The van der Waals surface area contributed by atoms with Crippen LogP contribution >= 0.6 is 0 Å². The number of hydrogen-bond acceptors (Lipinski definition) is 3. The van der Waals surface area contributed by atoms with Crippen LogP contribution in [0.25, 0.3) is 0 Å². The van der Waals surface area contributed by atoms with E-state index in [4.69, 9.17) is 4.99 Å². The van der Waals surface area contributed by atoms with Gasteiger partial charge in [-0.3, -0.25) is 4.99 Å². The average Bonchev–Trinajstić information content (AvgIpc) is 2.57. The predicted molar refractivity (Wildman–Crippen MR) is 105 cm³/mol. The van der Waals surface area contributed by atoms with Crippen LogP contribution in [-0.2, 0) is 16.3 Å². The lowest BCUT2D eigenvalue weighted by atomic mass is 9.83. The summed E-state index contributed by atoms with van der Waals surface area (Å²) in [5, 5.41) is 6.59. The van der Waals surface area contributed by atoms with E-state index < -0.39 is 9.84 Å². The summed E-state index contributed by atoms with van der Waals surface area (Å²) < 4.78 is 22.6. The second-order valence-electron chi connectivity index (χ2n) is 6.97. The van der Waals surface area contributed by atoms with Gasteiger partial charge in [-0.15, -0.1) is 0 Å². The molecule has 5 nitrogen and oxygen atoms in total. The first-order valence-electron chi connectivity index (χ1n) is 9.19. The first kappa shape index (κ1) is 19.8. The number of aliphatic imine (C=N–C) groups is 1. The van der Waals surface area contributed by atoms with Gasteiger partial charge in [0.15, 0.2) is 5.96 Å². The third kappa shape index (κ3) is 6.69. The van der Waals surface area contributed by atoms with Gasteiger partial charge in [0.25, 0.3) is 0 Å². The van der Waals surface area contributed by atoms with Gasteiger partial charge >= 0.3 is 0 Å². The molecular formula is C19H31N3O2S. The summed E-state index contributed by atoms with van der Waals surface area (Å²) in [4.78, 5) is 4.77. The zero-order chi connectivity index (χ0) is 18.3. The molecule has 1 aliphatic rings. The van der Waals surface area contributed by atoms with E-state index in [-0.39, 0.29) is 11.8 Å². The van der Waals surface area contributed by atoms with Crippen molar-refractivity contribution in [2.45, 2.75) is 51.5 Å². The number of sulfone groups is 1. The zero-order valence-corrected chi connectivity index (χ0v) is 16.4. The fourth-order valence-electron chi connectivity index (χ4n) is 3.26. The molecule has 0 spiro atoms. The van der Waals surface area contributed by atoms with E-state index in [2.05, 4.69) is 34.9 Å². The highest BCUT2D eigenvalue weighted by Crippen LogP contribution is 2.31. The Kier molecular flexibility index (Phi) is 7.29. The molecule has 2 unspecified atom stereocenters. The van der Waals surface area contributed by atoms with Crippen LogP contribution in [-0.4, -0.2) is 45.5 Å². The Morgan fingerprint density at radius 2 is 2.12 bits per heavy atom.